The molecule has 0 radical (unpaired) electrons. The lowest BCUT2D eigenvalue weighted by Crippen LogP contribution is -2.00. The van der Waals surface area contributed by atoms with Gasteiger partial charge in [-0.3, -0.25) is 0 Å². The van der Waals surface area contributed by atoms with E-state index < -0.39 is 0 Å². The van der Waals surface area contributed by atoms with E-state index in [2.05, 4.69) is 179 Å². The molecule has 0 atom stereocenters. The Labute approximate surface area is 331 Å². The predicted molar refractivity (Wildman–Crippen MR) is 238 cm³/mol. The molecule has 0 fully saturated rings. The summed E-state index contributed by atoms with van der Waals surface area (Å²) in [7, 11) is 0. The van der Waals surface area contributed by atoms with E-state index in [1.165, 1.54) is 77.9 Å². The standard InChI is InChI=1S/C54H38N2O/c1-2-11-40(12-3-1)55-49-18-7-4-13-43(49)47-33-38(27-31-51(47)55)35-21-23-36(24-22-35)39-28-32-52-48(34-39)44-14-5-8-19-50(44)56(52)41-29-25-37(26-30-41)42-16-10-17-46-45-15-6-9-20-53(45)57-54(42)46/h1-3,6-12,15-34H,4-5,13-14H2. The van der Waals surface area contributed by atoms with Crippen molar-refractivity contribution in [2.24, 2.45) is 0 Å². The fourth-order valence-corrected chi connectivity index (χ4v) is 9.58. The smallest absolute Gasteiger partial charge is 0.143 e. The molecule has 0 saturated heterocycles. The van der Waals surface area contributed by atoms with E-state index in [-0.39, 0.29) is 0 Å². The van der Waals surface area contributed by atoms with Gasteiger partial charge >= 0.3 is 0 Å². The summed E-state index contributed by atoms with van der Waals surface area (Å²) in [4.78, 5) is 0. The number of allylic oxidation sites excluding steroid dienone is 2. The average molecular weight is 731 g/mol. The van der Waals surface area contributed by atoms with Gasteiger partial charge in [0.1, 0.15) is 11.2 Å². The van der Waals surface area contributed by atoms with E-state index in [0.717, 1.165) is 58.7 Å². The summed E-state index contributed by atoms with van der Waals surface area (Å²) in [6.45, 7) is 0. The van der Waals surface area contributed by atoms with Gasteiger partial charge in [0.2, 0.25) is 0 Å². The van der Waals surface area contributed by atoms with Crippen LogP contribution in [0.3, 0.4) is 0 Å². The molecule has 10 aromatic rings. The Bertz CT molecular complexity index is 3260. The fraction of sp³-hybridized carbons (Fsp3) is 0.0741. The molecule has 2 aliphatic carbocycles. The lowest BCUT2D eigenvalue weighted by molar-refractivity contribution is 0.670. The number of nitrogens with zero attached hydrogens (tertiary/aromatic N) is 2. The lowest BCUT2D eigenvalue weighted by atomic mass is 9.95. The van der Waals surface area contributed by atoms with Gasteiger partial charge in [0, 0.05) is 49.9 Å². The molecule has 3 nitrogen and oxygen atoms in total. The molecule has 270 valence electrons. The van der Waals surface area contributed by atoms with E-state index in [9.17, 15) is 0 Å². The maximum Gasteiger partial charge on any atom is 0.143 e. The second-order valence-electron chi connectivity index (χ2n) is 15.5. The summed E-state index contributed by atoms with van der Waals surface area (Å²) < 4.78 is 11.2. The largest absolute Gasteiger partial charge is 0.455 e. The van der Waals surface area contributed by atoms with E-state index in [1.807, 2.05) is 12.1 Å². The summed E-state index contributed by atoms with van der Waals surface area (Å²) in [5, 5.41) is 4.99. The van der Waals surface area contributed by atoms with Crippen molar-refractivity contribution in [1.82, 2.24) is 9.13 Å². The van der Waals surface area contributed by atoms with Gasteiger partial charge in [-0.1, -0.05) is 115 Å². The normalized spacial score (nSPS) is 13.5. The topological polar surface area (TPSA) is 23.0 Å². The molecule has 0 unspecified atom stereocenters. The van der Waals surface area contributed by atoms with Gasteiger partial charge < -0.3 is 13.6 Å². The molecule has 0 spiro atoms. The second-order valence-corrected chi connectivity index (χ2v) is 15.5. The first-order chi connectivity index (χ1) is 28.3. The molecule has 0 bridgehead atoms. The Balaban J connectivity index is 0.889. The first-order valence-electron chi connectivity index (χ1n) is 20.1. The minimum Gasteiger partial charge on any atom is -0.455 e. The maximum absolute atomic E-state index is 6.38. The highest BCUT2D eigenvalue weighted by molar-refractivity contribution is 6.09. The van der Waals surface area contributed by atoms with Gasteiger partial charge in [-0.15, -0.1) is 0 Å². The van der Waals surface area contributed by atoms with Crippen LogP contribution in [0, 0.1) is 0 Å². The molecular weight excluding hydrogens is 693 g/mol. The van der Waals surface area contributed by atoms with Crippen molar-refractivity contribution >= 4 is 55.9 Å². The van der Waals surface area contributed by atoms with Crippen LogP contribution in [0.5, 0.6) is 0 Å². The average Bonchev–Trinajstić information content (AvgIpc) is 3.94. The van der Waals surface area contributed by atoms with Crippen molar-refractivity contribution in [3.05, 3.63) is 192 Å². The van der Waals surface area contributed by atoms with Crippen molar-refractivity contribution in [1.29, 1.82) is 0 Å². The van der Waals surface area contributed by atoms with E-state index in [1.54, 1.807) is 0 Å². The van der Waals surface area contributed by atoms with E-state index in [0.29, 0.717) is 0 Å². The maximum atomic E-state index is 6.38. The Morgan fingerprint density at radius 1 is 0.404 bits per heavy atom. The van der Waals surface area contributed by atoms with Crippen molar-refractivity contribution in [3.8, 4) is 44.8 Å². The summed E-state index contributed by atoms with van der Waals surface area (Å²) >= 11 is 0. The molecule has 0 amide bonds. The van der Waals surface area contributed by atoms with Crippen LogP contribution in [0.25, 0.3) is 101 Å². The van der Waals surface area contributed by atoms with Crippen molar-refractivity contribution in [2.75, 3.05) is 0 Å². The second kappa shape index (κ2) is 12.7. The number of aryl methyl sites for hydroxylation is 2. The van der Waals surface area contributed by atoms with Gasteiger partial charge in [0.25, 0.3) is 0 Å². The van der Waals surface area contributed by atoms with Crippen molar-refractivity contribution in [2.45, 2.75) is 25.7 Å². The Morgan fingerprint density at radius 3 is 1.56 bits per heavy atom. The van der Waals surface area contributed by atoms with Crippen LogP contribution in [0.4, 0.5) is 0 Å². The Kier molecular flexibility index (Phi) is 7.18. The summed E-state index contributed by atoms with van der Waals surface area (Å²) in [6.07, 6.45) is 13.5. The summed E-state index contributed by atoms with van der Waals surface area (Å²) in [5.41, 5.74) is 19.5. The molecule has 2 aliphatic rings. The van der Waals surface area contributed by atoms with Gasteiger partial charge in [-0.05, 0) is 131 Å². The zero-order valence-electron chi connectivity index (χ0n) is 31.5. The van der Waals surface area contributed by atoms with Crippen molar-refractivity contribution in [3.63, 3.8) is 0 Å². The van der Waals surface area contributed by atoms with Gasteiger partial charge in [0.15, 0.2) is 0 Å². The van der Waals surface area contributed by atoms with E-state index in [4.69, 9.17) is 4.42 Å². The van der Waals surface area contributed by atoms with Crippen LogP contribution in [0.15, 0.2) is 174 Å². The number of hydrogen-bond donors (Lipinski definition) is 0. The number of aromatic nitrogens is 2. The third-order valence-corrected chi connectivity index (χ3v) is 12.3. The third-order valence-electron chi connectivity index (χ3n) is 12.3. The molecule has 7 aromatic carbocycles. The summed E-state index contributed by atoms with van der Waals surface area (Å²) in [6, 6.07) is 57.6. The van der Waals surface area contributed by atoms with Gasteiger partial charge in [-0.2, -0.15) is 0 Å². The predicted octanol–water partition coefficient (Wildman–Crippen LogP) is 14.4. The minimum atomic E-state index is 0.924. The highest BCUT2D eigenvalue weighted by atomic mass is 16.3. The van der Waals surface area contributed by atoms with Gasteiger partial charge in [-0.25, -0.2) is 0 Å². The summed E-state index contributed by atoms with van der Waals surface area (Å²) in [5.74, 6) is 0. The molecule has 3 aromatic heterocycles. The SMILES string of the molecule is C1=Cc2c(c3cc(-c4ccc(-c5ccc6c(c5)c5c(n6-c6ccc(-c7cccc8c7oc7ccccc78)cc6)C=CCC5)cc4)ccc3n2-c2ccccc2)CC1. The monoisotopic (exact) mass is 730 g/mol. The first kappa shape index (κ1) is 32.2. The molecule has 3 heteroatoms. The number of benzene rings is 7. The number of hydrogen-bond acceptors (Lipinski definition) is 1. The highest BCUT2D eigenvalue weighted by Gasteiger charge is 2.21. The minimum absolute atomic E-state index is 0.924. The fourth-order valence-electron chi connectivity index (χ4n) is 9.58. The molecule has 0 saturated carbocycles. The molecular formula is C54H38N2O. The van der Waals surface area contributed by atoms with Crippen molar-refractivity contribution < 1.29 is 4.42 Å². The first-order valence-corrected chi connectivity index (χ1v) is 20.1. The number of furan rings is 1. The quantitative estimate of drug-likeness (QED) is 0.173. The van der Waals surface area contributed by atoms with Crippen LogP contribution in [0.2, 0.25) is 0 Å². The van der Waals surface area contributed by atoms with Crippen LogP contribution < -0.4 is 0 Å². The Morgan fingerprint density at radius 2 is 0.930 bits per heavy atom. The number of para-hydroxylation sites is 3. The molecule has 12 rings (SSSR count). The zero-order valence-corrected chi connectivity index (χ0v) is 31.5. The molecule has 0 N–H and O–H groups in total. The number of fused-ring (bicyclic) bond motifs is 9. The zero-order chi connectivity index (χ0) is 37.5. The number of rotatable bonds is 5. The molecule has 3 heterocycles. The van der Waals surface area contributed by atoms with E-state index >= 15 is 0 Å². The third kappa shape index (κ3) is 5.05. The van der Waals surface area contributed by atoms with Gasteiger partial charge in [0.05, 0.1) is 11.0 Å². The molecule has 0 aliphatic heterocycles. The highest BCUT2D eigenvalue weighted by Crippen LogP contribution is 2.40. The van der Waals surface area contributed by atoms with Crippen LogP contribution in [0.1, 0.15) is 35.4 Å². The molecule has 57 heavy (non-hydrogen) atoms. The Hall–Kier alpha value is -7.10. The van der Waals surface area contributed by atoms with Crippen LogP contribution >= 0.6 is 0 Å². The van der Waals surface area contributed by atoms with Crippen LogP contribution in [-0.4, -0.2) is 9.13 Å². The van der Waals surface area contributed by atoms with Crippen LogP contribution in [-0.2, 0) is 12.8 Å². The lowest BCUT2D eigenvalue weighted by Gasteiger charge is -2.13.